The number of hydrogen-bond donors (Lipinski definition) is 1. The van der Waals surface area contributed by atoms with Crippen molar-refractivity contribution in [1.82, 2.24) is 25.5 Å². The number of nitrogens with one attached hydrogen (secondary N) is 1. The molecule has 1 atom stereocenters. The fraction of sp³-hybridized carbons (Fsp3) is 0.533. The summed E-state index contributed by atoms with van der Waals surface area (Å²) in [6.07, 6.45) is 3.57. The Morgan fingerprint density at radius 2 is 2.19 bits per heavy atom. The first kappa shape index (κ1) is 14.0. The molecule has 1 aromatic carbocycles. The van der Waals surface area contributed by atoms with Gasteiger partial charge in [-0.25, -0.2) is 0 Å². The number of aromatic nitrogens is 4. The van der Waals surface area contributed by atoms with E-state index in [-0.39, 0.29) is 0 Å². The Labute approximate surface area is 125 Å². The second-order valence-electron chi connectivity index (χ2n) is 5.47. The zero-order valence-corrected chi connectivity index (χ0v) is 12.4. The van der Waals surface area contributed by atoms with Crippen molar-refractivity contribution in [3.8, 4) is 5.69 Å². The van der Waals surface area contributed by atoms with E-state index in [4.69, 9.17) is 0 Å². The second-order valence-corrected chi connectivity index (χ2v) is 5.47. The fourth-order valence-corrected chi connectivity index (χ4v) is 2.84. The predicted octanol–water partition coefficient (Wildman–Crippen LogP) is 1.63. The largest absolute Gasteiger partial charge is 0.338 e. The third-order valence-electron chi connectivity index (χ3n) is 3.83. The van der Waals surface area contributed by atoms with E-state index in [9.17, 15) is 0 Å². The summed E-state index contributed by atoms with van der Waals surface area (Å²) in [5.74, 6) is 0.830. The summed E-state index contributed by atoms with van der Waals surface area (Å²) >= 11 is 0. The molecule has 1 aliphatic heterocycles. The molecule has 0 bridgehead atoms. The van der Waals surface area contributed by atoms with E-state index in [1.54, 1.807) is 0 Å². The van der Waals surface area contributed by atoms with E-state index in [0.29, 0.717) is 6.04 Å². The van der Waals surface area contributed by atoms with Crippen molar-refractivity contribution in [3.05, 3.63) is 30.3 Å². The van der Waals surface area contributed by atoms with E-state index in [0.717, 1.165) is 37.7 Å². The lowest BCUT2D eigenvalue weighted by atomic mass is 10.2. The Morgan fingerprint density at radius 1 is 1.33 bits per heavy atom. The lowest BCUT2D eigenvalue weighted by Gasteiger charge is -2.25. The van der Waals surface area contributed by atoms with Crippen LogP contribution in [0.1, 0.15) is 26.2 Å². The van der Waals surface area contributed by atoms with Crippen molar-refractivity contribution in [2.75, 3.05) is 24.5 Å². The molecule has 0 amide bonds. The summed E-state index contributed by atoms with van der Waals surface area (Å²) < 4.78 is 1.82. The molecular weight excluding hydrogens is 264 g/mol. The lowest BCUT2D eigenvalue weighted by molar-refractivity contribution is 0.568. The first-order chi connectivity index (χ1) is 10.4. The Kier molecular flexibility index (Phi) is 4.45. The van der Waals surface area contributed by atoms with Crippen LogP contribution < -0.4 is 10.2 Å². The van der Waals surface area contributed by atoms with Crippen molar-refractivity contribution in [2.24, 2.45) is 0 Å². The average Bonchev–Trinajstić information content (AvgIpc) is 3.19. The first-order valence-corrected chi connectivity index (χ1v) is 7.70. The van der Waals surface area contributed by atoms with Gasteiger partial charge in [0, 0.05) is 19.1 Å². The molecule has 1 saturated heterocycles. The number of para-hydroxylation sites is 1. The third kappa shape index (κ3) is 3.21. The van der Waals surface area contributed by atoms with E-state index in [1.165, 1.54) is 12.8 Å². The van der Waals surface area contributed by atoms with Crippen molar-refractivity contribution < 1.29 is 0 Å². The Bertz CT molecular complexity index is 546. The van der Waals surface area contributed by atoms with Gasteiger partial charge in [0.1, 0.15) is 0 Å². The molecule has 2 heterocycles. The van der Waals surface area contributed by atoms with Gasteiger partial charge < -0.3 is 10.2 Å². The molecule has 1 aromatic heterocycles. The summed E-state index contributed by atoms with van der Waals surface area (Å²) in [5, 5.41) is 15.8. The Morgan fingerprint density at radius 3 is 2.90 bits per heavy atom. The first-order valence-electron chi connectivity index (χ1n) is 7.70. The van der Waals surface area contributed by atoms with E-state index in [2.05, 4.69) is 32.7 Å². The van der Waals surface area contributed by atoms with Crippen LogP contribution >= 0.6 is 0 Å². The van der Waals surface area contributed by atoms with Crippen LogP contribution in [0.4, 0.5) is 5.95 Å². The molecule has 21 heavy (non-hydrogen) atoms. The number of benzene rings is 1. The SMILES string of the molecule is CCCN(CC1CCCN1)c1nnnn1-c1ccccc1. The van der Waals surface area contributed by atoms with Crippen molar-refractivity contribution in [3.63, 3.8) is 0 Å². The fourth-order valence-electron chi connectivity index (χ4n) is 2.84. The molecular formula is C15H22N6. The minimum absolute atomic E-state index is 0.539. The van der Waals surface area contributed by atoms with Gasteiger partial charge in [-0.15, -0.1) is 0 Å². The van der Waals surface area contributed by atoms with Crippen LogP contribution in [0, 0.1) is 0 Å². The molecule has 1 aliphatic rings. The molecule has 3 rings (SSSR count). The molecule has 2 aromatic rings. The molecule has 1 unspecified atom stereocenters. The van der Waals surface area contributed by atoms with Crippen LogP contribution in [0.15, 0.2) is 30.3 Å². The van der Waals surface area contributed by atoms with Gasteiger partial charge in [0.2, 0.25) is 5.95 Å². The summed E-state index contributed by atoms with van der Waals surface area (Å²) in [6.45, 7) is 5.23. The topological polar surface area (TPSA) is 58.9 Å². The van der Waals surface area contributed by atoms with Gasteiger partial charge in [0.05, 0.1) is 5.69 Å². The smallest absolute Gasteiger partial charge is 0.250 e. The van der Waals surface area contributed by atoms with Gasteiger partial charge in [0.15, 0.2) is 0 Å². The zero-order valence-electron chi connectivity index (χ0n) is 12.4. The van der Waals surface area contributed by atoms with Crippen LogP contribution in [0.2, 0.25) is 0 Å². The summed E-state index contributed by atoms with van der Waals surface area (Å²) in [7, 11) is 0. The van der Waals surface area contributed by atoms with Crippen molar-refractivity contribution >= 4 is 5.95 Å². The molecule has 1 N–H and O–H groups in total. The van der Waals surface area contributed by atoms with Crippen LogP contribution in [-0.4, -0.2) is 45.9 Å². The van der Waals surface area contributed by atoms with Crippen molar-refractivity contribution in [2.45, 2.75) is 32.2 Å². The van der Waals surface area contributed by atoms with Crippen molar-refractivity contribution in [1.29, 1.82) is 0 Å². The maximum absolute atomic E-state index is 4.25. The van der Waals surface area contributed by atoms with Gasteiger partial charge in [-0.2, -0.15) is 4.68 Å². The highest BCUT2D eigenvalue weighted by molar-refractivity contribution is 5.40. The maximum Gasteiger partial charge on any atom is 0.250 e. The van der Waals surface area contributed by atoms with Crippen LogP contribution in [0.3, 0.4) is 0 Å². The van der Waals surface area contributed by atoms with Crippen LogP contribution in [-0.2, 0) is 0 Å². The highest BCUT2D eigenvalue weighted by Crippen LogP contribution is 2.17. The van der Waals surface area contributed by atoms with Gasteiger partial charge in [0.25, 0.3) is 0 Å². The second kappa shape index (κ2) is 6.67. The number of rotatable bonds is 6. The van der Waals surface area contributed by atoms with Crippen LogP contribution in [0.25, 0.3) is 5.69 Å². The average molecular weight is 286 g/mol. The quantitative estimate of drug-likeness (QED) is 0.874. The molecule has 1 fully saturated rings. The highest BCUT2D eigenvalue weighted by atomic mass is 15.6. The summed E-state index contributed by atoms with van der Waals surface area (Å²) in [6, 6.07) is 10.6. The minimum atomic E-state index is 0.539. The standard InChI is InChI=1S/C15H22N6/c1-2-11-20(12-13-7-6-10-16-13)15-17-18-19-21(15)14-8-4-3-5-9-14/h3-5,8-9,13,16H,2,6-7,10-12H2,1H3. The molecule has 6 nitrogen and oxygen atoms in total. The van der Waals surface area contributed by atoms with Crippen LogP contribution in [0.5, 0.6) is 0 Å². The molecule has 6 heteroatoms. The third-order valence-corrected chi connectivity index (χ3v) is 3.83. The molecule has 0 aliphatic carbocycles. The van der Waals surface area contributed by atoms with Gasteiger partial charge >= 0.3 is 0 Å². The number of nitrogens with zero attached hydrogens (tertiary/aromatic N) is 5. The predicted molar refractivity (Wildman–Crippen MR) is 82.7 cm³/mol. The molecule has 112 valence electrons. The lowest BCUT2D eigenvalue weighted by Crippen LogP contribution is -2.39. The zero-order chi connectivity index (χ0) is 14.5. The van der Waals surface area contributed by atoms with E-state index in [1.807, 2.05) is 35.0 Å². The Balaban J connectivity index is 1.84. The number of hydrogen-bond acceptors (Lipinski definition) is 5. The van der Waals surface area contributed by atoms with E-state index < -0.39 is 0 Å². The summed E-state index contributed by atoms with van der Waals surface area (Å²) in [5.41, 5.74) is 0.998. The molecule has 0 radical (unpaired) electrons. The van der Waals surface area contributed by atoms with Gasteiger partial charge in [-0.3, -0.25) is 0 Å². The highest BCUT2D eigenvalue weighted by Gasteiger charge is 2.21. The van der Waals surface area contributed by atoms with E-state index >= 15 is 0 Å². The molecule has 0 spiro atoms. The Hall–Kier alpha value is -1.95. The normalized spacial score (nSPS) is 18.0. The summed E-state index contributed by atoms with van der Waals surface area (Å²) in [4.78, 5) is 2.29. The maximum atomic E-state index is 4.25. The monoisotopic (exact) mass is 286 g/mol. The minimum Gasteiger partial charge on any atom is -0.338 e. The number of tetrazole rings is 1. The van der Waals surface area contributed by atoms with Gasteiger partial charge in [-0.05, 0) is 48.4 Å². The number of anilines is 1. The van der Waals surface area contributed by atoms with Gasteiger partial charge in [-0.1, -0.05) is 30.2 Å². The molecule has 0 saturated carbocycles.